The molecular weight excluding hydrogens is 274 g/mol. The van der Waals surface area contributed by atoms with Gasteiger partial charge in [-0.2, -0.15) is 11.8 Å². The summed E-state index contributed by atoms with van der Waals surface area (Å²) in [7, 11) is 1.47. The smallest absolute Gasteiger partial charge is 0.325 e. The van der Waals surface area contributed by atoms with E-state index < -0.39 is 5.54 Å². The molecule has 0 aromatic heterocycles. The Morgan fingerprint density at radius 3 is 2.70 bits per heavy atom. The summed E-state index contributed by atoms with van der Waals surface area (Å²) < 4.78 is 10.6. The molecule has 0 spiro atoms. The fourth-order valence-corrected chi connectivity index (χ4v) is 4.48. The zero-order valence-corrected chi connectivity index (χ0v) is 13.8. The summed E-state index contributed by atoms with van der Waals surface area (Å²) in [5, 5.41) is 4.42. The molecule has 2 fully saturated rings. The van der Waals surface area contributed by atoms with Crippen molar-refractivity contribution in [2.24, 2.45) is 0 Å². The average molecular weight is 301 g/mol. The summed E-state index contributed by atoms with van der Waals surface area (Å²) >= 11 is 1.94. The molecule has 1 aliphatic carbocycles. The van der Waals surface area contributed by atoms with Crippen molar-refractivity contribution in [1.82, 2.24) is 5.32 Å². The van der Waals surface area contributed by atoms with Gasteiger partial charge in [0.1, 0.15) is 5.54 Å². The first-order valence-electron chi connectivity index (χ1n) is 7.58. The minimum absolute atomic E-state index is 0.146. The van der Waals surface area contributed by atoms with Crippen LogP contribution < -0.4 is 5.32 Å². The number of carbonyl (C=O) groups is 1. The number of hydrogen-bond acceptors (Lipinski definition) is 5. The van der Waals surface area contributed by atoms with E-state index in [4.69, 9.17) is 9.47 Å². The van der Waals surface area contributed by atoms with Gasteiger partial charge in [-0.05, 0) is 39.5 Å². The second-order valence-electron chi connectivity index (χ2n) is 6.30. The zero-order chi connectivity index (χ0) is 14.8. The third kappa shape index (κ3) is 4.12. The van der Waals surface area contributed by atoms with Crippen molar-refractivity contribution in [1.29, 1.82) is 0 Å². The van der Waals surface area contributed by atoms with Gasteiger partial charge in [-0.3, -0.25) is 10.1 Å². The van der Waals surface area contributed by atoms with E-state index in [9.17, 15) is 4.79 Å². The molecule has 0 radical (unpaired) electrons. The topological polar surface area (TPSA) is 47.6 Å². The van der Waals surface area contributed by atoms with Crippen LogP contribution in [-0.2, 0) is 14.3 Å². The van der Waals surface area contributed by atoms with E-state index in [-0.39, 0.29) is 5.97 Å². The highest BCUT2D eigenvalue weighted by atomic mass is 32.2. The van der Waals surface area contributed by atoms with Gasteiger partial charge in [0.15, 0.2) is 0 Å². The first-order chi connectivity index (χ1) is 9.44. The molecule has 2 aliphatic rings. The van der Waals surface area contributed by atoms with E-state index in [0.717, 1.165) is 19.4 Å². The molecule has 2 rings (SSSR count). The molecule has 1 heterocycles. The van der Waals surface area contributed by atoms with Gasteiger partial charge >= 0.3 is 5.97 Å². The minimum atomic E-state index is -0.564. The van der Waals surface area contributed by atoms with Crippen LogP contribution in [0.1, 0.15) is 46.5 Å². The van der Waals surface area contributed by atoms with Gasteiger partial charge < -0.3 is 9.47 Å². The number of nitrogens with one attached hydrogen (secondary N) is 1. The predicted molar refractivity (Wildman–Crippen MR) is 82.1 cm³/mol. The Bertz CT molecular complexity index is 348. The highest BCUT2D eigenvalue weighted by Crippen LogP contribution is 2.34. The summed E-state index contributed by atoms with van der Waals surface area (Å²) in [6, 6.07) is 0.491. The monoisotopic (exact) mass is 301 g/mol. The first kappa shape index (κ1) is 16.1. The summed E-state index contributed by atoms with van der Waals surface area (Å²) in [6.07, 6.45) is 4.57. The van der Waals surface area contributed by atoms with Gasteiger partial charge in [0, 0.05) is 23.1 Å². The SMILES string of the molecule is COC(=O)C(C)(CC(C)SC1CCOC1C)NC1CC1. The number of carbonyl (C=O) groups excluding carboxylic acids is 1. The van der Waals surface area contributed by atoms with E-state index in [0.29, 0.717) is 22.6 Å². The van der Waals surface area contributed by atoms with Crippen LogP contribution in [0.2, 0.25) is 0 Å². The number of thioether (sulfide) groups is 1. The highest BCUT2D eigenvalue weighted by Gasteiger charge is 2.41. The highest BCUT2D eigenvalue weighted by molar-refractivity contribution is 8.00. The maximum absolute atomic E-state index is 12.1. The van der Waals surface area contributed by atoms with Crippen LogP contribution in [0.3, 0.4) is 0 Å². The maximum atomic E-state index is 12.1. The van der Waals surface area contributed by atoms with Crippen molar-refractivity contribution in [3.8, 4) is 0 Å². The van der Waals surface area contributed by atoms with Gasteiger partial charge in [-0.15, -0.1) is 0 Å². The van der Waals surface area contributed by atoms with Gasteiger partial charge in [0.05, 0.1) is 13.2 Å². The summed E-state index contributed by atoms with van der Waals surface area (Å²) in [5.74, 6) is -0.146. The van der Waals surface area contributed by atoms with Gasteiger partial charge in [-0.1, -0.05) is 6.92 Å². The summed E-state index contributed by atoms with van der Waals surface area (Å²) in [6.45, 7) is 7.17. The Hall–Kier alpha value is -0.260. The molecule has 1 saturated heterocycles. The van der Waals surface area contributed by atoms with Crippen LogP contribution in [0, 0.1) is 0 Å². The second kappa shape index (κ2) is 6.67. The lowest BCUT2D eigenvalue weighted by Gasteiger charge is -2.31. The molecule has 1 N–H and O–H groups in total. The normalized spacial score (nSPS) is 30.8. The average Bonchev–Trinajstić information content (AvgIpc) is 3.11. The van der Waals surface area contributed by atoms with Gasteiger partial charge in [0.2, 0.25) is 0 Å². The zero-order valence-electron chi connectivity index (χ0n) is 13.0. The number of esters is 1. The standard InChI is InChI=1S/C15H27NO3S/c1-10(20-13-7-8-19-11(13)2)9-15(3,14(17)18-4)16-12-5-6-12/h10-13,16H,5-9H2,1-4H3. The molecule has 4 atom stereocenters. The molecular formula is C15H27NO3S. The number of ether oxygens (including phenoxy) is 2. The molecule has 0 aromatic carbocycles. The van der Waals surface area contributed by atoms with E-state index in [1.807, 2.05) is 18.7 Å². The Morgan fingerprint density at radius 2 is 2.20 bits per heavy atom. The maximum Gasteiger partial charge on any atom is 0.325 e. The first-order valence-corrected chi connectivity index (χ1v) is 8.52. The van der Waals surface area contributed by atoms with Crippen molar-refractivity contribution in [2.75, 3.05) is 13.7 Å². The van der Waals surface area contributed by atoms with Crippen molar-refractivity contribution in [3.63, 3.8) is 0 Å². The van der Waals surface area contributed by atoms with Crippen LogP contribution in [0.5, 0.6) is 0 Å². The molecule has 5 heteroatoms. The Kier molecular flexibility index (Phi) is 5.37. The number of methoxy groups -OCH3 is 1. The van der Waals surface area contributed by atoms with E-state index in [1.54, 1.807) is 0 Å². The molecule has 0 aromatic rings. The molecule has 1 aliphatic heterocycles. The van der Waals surface area contributed by atoms with Crippen molar-refractivity contribution in [3.05, 3.63) is 0 Å². The third-order valence-corrected chi connectivity index (χ3v) is 5.75. The third-order valence-electron chi connectivity index (χ3n) is 4.15. The lowest BCUT2D eigenvalue weighted by atomic mass is 9.96. The fourth-order valence-electron chi connectivity index (χ4n) is 2.92. The van der Waals surface area contributed by atoms with E-state index in [2.05, 4.69) is 19.2 Å². The van der Waals surface area contributed by atoms with Crippen LogP contribution in [0.4, 0.5) is 0 Å². The van der Waals surface area contributed by atoms with E-state index >= 15 is 0 Å². The predicted octanol–water partition coefficient (Wildman–Crippen LogP) is 2.36. The summed E-state index contributed by atoms with van der Waals surface area (Å²) in [5.41, 5.74) is -0.564. The van der Waals surface area contributed by atoms with Crippen molar-refractivity contribution >= 4 is 17.7 Å². The summed E-state index contributed by atoms with van der Waals surface area (Å²) in [4.78, 5) is 12.1. The minimum Gasteiger partial charge on any atom is -0.468 e. The molecule has 4 nitrogen and oxygen atoms in total. The molecule has 1 saturated carbocycles. The molecule has 4 unspecified atom stereocenters. The van der Waals surface area contributed by atoms with Crippen molar-refractivity contribution in [2.45, 2.75) is 74.6 Å². The molecule has 0 amide bonds. The van der Waals surface area contributed by atoms with Crippen LogP contribution >= 0.6 is 11.8 Å². The number of hydrogen-bond donors (Lipinski definition) is 1. The lowest BCUT2D eigenvalue weighted by molar-refractivity contribution is -0.148. The fraction of sp³-hybridized carbons (Fsp3) is 0.933. The number of rotatable bonds is 7. The Balaban J connectivity index is 1.90. The van der Waals surface area contributed by atoms with Crippen LogP contribution in [0.25, 0.3) is 0 Å². The van der Waals surface area contributed by atoms with Crippen molar-refractivity contribution < 1.29 is 14.3 Å². The van der Waals surface area contributed by atoms with Gasteiger partial charge in [-0.25, -0.2) is 0 Å². The Labute approximate surface area is 126 Å². The largest absolute Gasteiger partial charge is 0.468 e. The Morgan fingerprint density at radius 1 is 1.50 bits per heavy atom. The van der Waals surface area contributed by atoms with E-state index in [1.165, 1.54) is 20.0 Å². The quantitative estimate of drug-likeness (QED) is 0.732. The van der Waals surface area contributed by atoms with Gasteiger partial charge in [0.25, 0.3) is 0 Å². The van der Waals surface area contributed by atoms with Crippen LogP contribution in [-0.4, -0.2) is 47.9 Å². The van der Waals surface area contributed by atoms with Crippen LogP contribution in [0.15, 0.2) is 0 Å². The molecule has 20 heavy (non-hydrogen) atoms. The second-order valence-corrected chi connectivity index (χ2v) is 7.98. The molecule has 0 bridgehead atoms. The lowest BCUT2D eigenvalue weighted by Crippen LogP contribution is -2.52. The molecule has 116 valence electrons.